The van der Waals surface area contributed by atoms with Crippen LogP contribution >= 0.6 is 11.6 Å². The fourth-order valence-corrected chi connectivity index (χ4v) is 4.26. The van der Waals surface area contributed by atoms with Gasteiger partial charge in [-0.25, -0.2) is 9.18 Å². The van der Waals surface area contributed by atoms with Gasteiger partial charge >= 0.3 is 6.03 Å². The summed E-state index contributed by atoms with van der Waals surface area (Å²) in [7, 11) is 0. The molecule has 170 valence electrons. The molecule has 1 aliphatic heterocycles. The van der Waals surface area contributed by atoms with Crippen molar-refractivity contribution in [1.29, 1.82) is 0 Å². The molecule has 0 saturated heterocycles. The number of aromatic nitrogens is 2. The summed E-state index contributed by atoms with van der Waals surface area (Å²) in [6.45, 7) is 3.47. The number of aryl methyl sites for hydroxylation is 1. The molecule has 1 N–H and O–H groups in total. The van der Waals surface area contributed by atoms with E-state index < -0.39 is 6.04 Å². The molecule has 1 atom stereocenters. The second-order valence-corrected chi connectivity index (χ2v) is 8.43. The molecule has 0 bridgehead atoms. The number of rotatable bonds is 4. The lowest BCUT2D eigenvalue weighted by Gasteiger charge is -2.35. The van der Waals surface area contributed by atoms with Crippen molar-refractivity contribution in [2.75, 3.05) is 4.90 Å². The second-order valence-electron chi connectivity index (χ2n) is 7.99. The molecule has 34 heavy (non-hydrogen) atoms. The number of amides is 2. The van der Waals surface area contributed by atoms with Gasteiger partial charge in [-0.3, -0.25) is 4.90 Å². The molecule has 1 aliphatic rings. The number of halogens is 2. The third kappa shape index (κ3) is 3.95. The molecule has 4 aromatic rings. The quantitative estimate of drug-likeness (QED) is 0.364. The van der Waals surface area contributed by atoms with Crippen molar-refractivity contribution in [3.63, 3.8) is 0 Å². The topological polar surface area (TPSA) is 71.3 Å². The van der Waals surface area contributed by atoms with Crippen LogP contribution in [0, 0.1) is 12.7 Å². The molecule has 0 radical (unpaired) electrons. The van der Waals surface area contributed by atoms with Crippen molar-refractivity contribution in [3.8, 4) is 11.4 Å². The van der Waals surface area contributed by atoms with Gasteiger partial charge in [0.25, 0.3) is 5.89 Å². The van der Waals surface area contributed by atoms with Gasteiger partial charge in [0.1, 0.15) is 5.82 Å². The highest BCUT2D eigenvalue weighted by Crippen LogP contribution is 2.39. The van der Waals surface area contributed by atoms with E-state index in [1.54, 1.807) is 31.2 Å². The van der Waals surface area contributed by atoms with E-state index in [4.69, 9.17) is 16.1 Å². The summed E-state index contributed by atoms with van der Waals surface area (Å²) in [6.07, 6.45) is 0. The number of hydrogen-bond acceptors (Lipinski definition) is 4. The lowest BCUT2D eigenvalue weighted by Crippen LogP contribution is -2.46. The summed E-state index contributed by atoms with van der Waals surface area (Å²) in [5.74, 6) is 0.309. The van der Waals surface area contributed by atoms with Gasteiger partial charge in [-0.2, -0.15) is 4.98 Å². The standard InChI is InChI=1S/C26H20ClFN4O2/c1-15-13-20(11-12-21(15)28)32-16(2)22(23(29-26(32)33)17-7-4-3-5-8-17)25-30-24(31-34-25)18-9-6-10-19(27)14-18/h3-14,23H,1-2H3,(H,29,33). The van der Waals surface area contributed by atoms with Gasteiger partial charge in [0, 0.05) is 16.3 Å². The minimum Gasteiger partial charge on any atom is -0.334 e. The second kappa shape index (κ2) is 8.76. The molecular weight excluding hydrogens is 455 g/mol. The van der Waals surface area contributed by atoms with Crippen LogP contribution in [0.3, 0.4) is 0 Å². The minimum absolute atomic E-state index is 0.269. The maximum atomic E-state index is 13.9. The van der Waals surface area contributed by atoms with E-state index in [0.29, 0.717) is 38.9 Å². The van der Waals surface area contributed by atoms with E-state index >= 15 is 0 Å². The number of allylic oxidation sites excluding steroid dienone is 1. The van der Waals surface area contributed by atoms with Gasteiger partial charge in [-0.15, -0.1) is 0 Å². The molecule has 6 nitrogen and oxygen atoms in total. The fraction of sp³-hybridized carbons (Fsp3) is 0.115. The van der Waals surface area contributed by atoms with E-state index in [9.17, 15) is 9.18 Å². The molecule has 0 spiro atoms. The molecule has 1 aromatic heterocycles. The monoisotopic (exact) mass is 474 g/mol. The summed E-state index contributed by atoms with van der Waals surface area (Å²) < 4.78 is 19.6. The Bertz CT molecular complexity index is 1420. The Morgan fingerprint density at radius 3 is 2.56 bits per heavy atom. The molecular formula is C26H20ClFN4O2. The SMILES string of the molecule is CC1=C(c2nc(-c3cccc(Cl)c3)no2)C(c2ccccc2)NC(=O)N1c1ccc(F)c(C)c1. The Morgan fingerprint density at radius 1 is 1.03 bits per heavy atom. The number of carbonyl (C=O) groups excluding carboxylic acids is 1. The summed E-state index contributed by atoms with van der Waals surface area (Å²) in [4.78, 5) is 19.3. The number of urea groups is 1. The summed E-state index contributed by atoms with van der Waals surface area (Å²) in [5.41, 5.74) is 3.79. The third-order valence-electron chi connectivity index (χ3n) is 5.76. The molecule has 0 aliphatic carbocycles. The molecule has 0 saturated carbocycles. The van der Waals surface area contributed by atoms with Crippen molar-refractivity contribution in [2.45, 2.75) is 19.9 Å². The number of benzene rings is 3. The van der Waals surface area contributed by atoms with Gasteiger partial charge in [0.05, 0.1) is 17.3 Å². The third-order valence-corrected chi connectivity index (χ3v) is 5.99. The first-order valence-corrected chi connectivity index (χ1v) is 11.0. The zero-order valence-corrected chi connectivity index (χ0v) is 19.2. The van der Waals surface area contributed by atoms with Crippen molar-refractivity contribution in [2.24, 2.45) is 0 Å². The maximum Gasteiger partial charge on any atom is 0.326 e. The van der Waals surface area contributed by atoms with Gasteiger partial charge in [0.15, 0.2) is 0 Å². The van der Waals surface area contributed by atoms with Crippen molar-refractivity contribution >= 4 is 28.9 Å². The molecule has 2 amide bonds. The minimum atomic E-state index is -0.515. The van der Waals surface area contributed by atoms with Gasteiger partial charge in [-0.05, 0) is 55.3 Å². The molecule has 2 heterocycles. The average Bonchev–Trinajstić information content (AvgIpc) is 3.31. The predicted molar refractivity (Wildman–Crippen MR) is 129 cm³/mol. The fourth-order valence-electron chi connectivity index (χ4n) is 4.07. The average molecular weight is 475 g/mol. The Kier molecular flexibility index (Phi) is 5.63. The van der Waals surface area contributed by atoms with E-state index in [1.165, 1.54) is 11.0 Å². The van der Waals surface area contributed by atoms with E-state index in [2.05, 4.69) is 15.5 Å². The number of carbonyl (C=O) groups is 1. The highest BCUT2D eigenvalue weighted by Gasteiger charge is 2.36. The highest BCUT2D eigenvalue weighted by atomic mass is 35.5. The number of nitrogens with one attached hydrogen (secondary N) is 1. The van der Waals surface area contributed by atoms with Gasteiger partial charge in [-0.1, -0.05) is 59.2 Å². The van der Waals surface area contributed by atoms with Crippen LogP contribution in [0.15, 0.2) is 83.0 Å². The molecule has 3 aromatic carbocycles. The van der Waals surface area contributed by atoms with Gasteiger partial charge in [0.2, 0.25) is 5.82 Å². The van der Waals surface area contributed by atoms with Crippen LogP contribution in [0.1, 0.15) is 30.0 Å². The Labute approximate surface area is 200 Å². The molecule has 8 heteroatoms. The lowest BCUT2D eigenvalue weighted by molar-refractivity contribution is 0.244. The van der Waals surface area contributed by atoms with Crippen LogP contribution in [0.5, 0.6) is 0 Å². The summed E-state index contributed by atoms with van der Waals surface area (Å²) in [5, 5.41) is 7.75. The normalized spacial score (nSPS) is 16.1. The molecule has 1 unspecified atom stereocenters. The summed E-state index contributed by atoms with van der Waals surface area (Å²) in [6, 6.07) is 20.4. The van der Waals surface area contributed by atoms with Crippen LogP contribution in [0.4, 0.5) is 14.9 Å². The highest BCUT2D eigenvalue weighted by molar-refractivity contribution is 6.30. The van der Waals surface area contributed by atoms with Crippen LogP contribution in [-0.4, -0.2) is 16.2 Å². The van der Waals surface area contributed by atoms with Crippen LogP contribution in [0.25, 0.3) is 17.0 Å². The number of hydrogen-bond donors (Lipinski definition) is 1. The maximum absolute atomic E-state index is 13.9. The number of anilines is 1. The first-order valence-electron chi connectivity index (χ1n) is 10.6. The zero-order valence-electron chi connectivity index (χ0n) is 18.4. The van der Waals surface area contributed by atoms with Crippen molar-refractivity contribution < 1.29 is 13.7 Å². The summed E-state index contributed by atoms with van der Waals surface area (Å²) >= 11 is 6.13. The van der Waals surface area contributed by atoms with E-state index in [1.807, 2.05) is 49.4 Å². The van der Waals surface area contributed by atoms with E-state index in [0.717, 1.165) is 5.56 Å². The largest absolute Gasteiger partial charge is 0.334 e. The number of nitrogens with zero attached hydrogens (tertiary/aromatic N) is 3. The van der Waals surface area contributed by atoms with Crippen LogP contribution in [-0.2, 0) is 0 Å². The first-order chi connectivity index (χ1) is 16.4. The first kappa shape index (κ1) is 21.9. The van der Waals surface area contributed by atoms with Crippen molar-refractivity contribution in [1.82, 2.24) is 15.5 Å². The molecule has 0 fully saturated rings. The van der Waals surface area contributed by atoms with Crippen LogP contribution in [0.2, 0.25) is 5.02 Å². The Morgan fingerprint density at radius 2 is 1.82 bits per heavy atom. The zero-order chi connectivity index (χ0) is 23.8. The van der Waals surface area contributed by atoms with Crippen LogP contribution < -0.4 is 10.2 Å². The van der Waals surface area contributed by atoms with Crippen molar-refractivity contribution in [3.05, 3.63) is 106 Å². The Balaban J connectivity index is 1.66. The van der Waals surface area contributed by atoms with Gasteiger partial charge < -0.3 is 9.84 Å². The smallest absolute Gasteiger partial charge is 0.326 e. The Hall–Kier alpha value is -3.97. The lowest BCUT2D eigenvalue weighted by atomic mass is 9.94. The molecule has 5 rings (SSSR count). The van der Waals surface area contributed by atoms with E-state index in [-0.39, 0.29) is 17.7 Å². The predicted octanol–water partition coefficient (Wildman–Crippen LogP) is 6.54.